The first-order valence-corrected chi connectivity index (χ1v) is 11.2. The molecule has 0 unspecified atom stereocenters. The summed E-state index contributed by atoms with van der Waals surface area (Å²) in [5, 5.41) is 5.16. The van der Waals surface area contributed by atoms with Crippen LogP contribution in [-0.4, -0.2) is 29.8 Å². The largest absolute Gasteiger partial charge is 0.489 e. The lowest BCUT2D eigenvalue weighted by molar-refractivity contribution is -0.130. The van der Waals surface area contributed by atoms with Crippen LogP contribution in [0.1, 0.15) is 23.6 Å². The average molecular weight is 478 g/mol. The Morgan fingerprint density at radius 3 is 2.11 bits per heavy atom. The molecule has 0 aliphatic carbocycles. The number of primary amides is 1. The molecule has 2 atom stereocenters. The van der Waals surface area contributed by atoms with Crippen molar-refractivity contribution in [3.8, 4) is 5.75 Å². The maximum Gasteiger partial charge on any atom is 0.243 e. The minimum absolute atomic E-state index is 0.0576. The maximum atomic E-state index is 13.5. The first-order valence-electron chi connectivity index (χ1n) is 11.2. The van der Waals surface area contributed by atoms with E-state index in [1.165, 1.54) is 25.1 Å². The Morgan fingerprint density at radius 2 is 1.49 bits per heavy atom. The summed E-state index contributed by atoms with van der Waals surface area (Å²) in [6.45, 7) is 1.70. The molecule has 3 aromatic rings. The number of carbonyl (C=O) groups is 3. The van der Waals surface area contributed by atoms with Crippen molar-refractivity contribution < 1.29 is 23.5 Å². The first kappa shape index (κ1) is 25.4. The minimum Gasteiger partial charge on any atom is -0.489 e. The molecular formula is C27H28FN3O4. The summed E-state index contributed by atoms with van der Waals surface area (Å²) in [6, 6.07) is 20.7. The molecule has 3 amide bonds. The van der Waals surface area contributed by atoms with E-state index in [0.717, 1.165) is 11.1 Å². The molecule has 3 rings (SSSR count). The van der Waals surface area contributed by atoms with Gasteiger partial charge in [-0.3, -0.25) is 14.4 Å². The van der Waals surface area contributed by atoms with Crippen molar-refractivity contribution in [2.24, 2.45) is 5.73 Å². The molecule has 0 aliphatic heterocycles. The zero-order valence-corrected chi connectivity index (χ0v) is 19.4. The van der Waals surface area contributed by atoms with Gasteiger partial charge in [0.1, 0.15) is 30.3 Å². The van der Waals surface area contributed by atoms with E-state index in [0.29, 0.717) is 17.9 Å². The second-order valence-electron chi connectivity index (χ2n) is 8.17. The number of hydrogen-bond donors (Lipinski definition) is 3. The van der Waals surface area contributed by atoms with Crippen LogP contribution in [0.2, 0.25) is 0 Å². The van der Waals surface area contributed by atoms with Gasteiger partial charge in [-0.25, -0.2) is 4.39 Å². The molecule has 0 aromatic heterocycles. The molecule has 0 saturated carbocycles. The molecule has 0 fully saturated rings. The summed E-state index contributed by atoms with van der Waals surface area (Å²) in [5.41, 5.74) is 7.87. The molecule has 0 bridgehead atoms. The molecule has 4 N–H and O–H groups in total. The fourth-order valence-corrected chi connectivity index (χ4v) is 3.55. The quantitative estimate of drug-likeness (QED) is 0.394. The number of benzene rings is 3. The van der Waals surface area contributed by atoms with Gasteiger partial charge >= 0.3 is 0 Å². The number of carbonyl (C=O) groups excluding carboxylic acids is 3. The Balaban J connectivity index is 1.62. The highest BCUT2D eigenvalue weighted by atomic mass is 19.1. The molecular weight excluding hydrogens is 449 g/mol. The molecule has 182 valence electrons. The van der Waals surface area contributed by atoms with E-state index in [1.807, 2.05) is 30.3 Å². The van der Waals surface area contributed by atoms with Gasteiger partial charge in [0.2, 0.25) is 17.7 Å². The van der Waals surface area contributed by atoms with Gasteiger partial charge in [0.05, 0.1) is 0 Å². The third kappa shape index (κ3) is 8.26. The van der Waals surface area contributed by atoms with Crippen molar-refractivity contribution in [3.63, 3.8) is 0 Å². The topological polar surface area (TPSA) is 111 Å². The lowest BCUT2D eigenvalue weighted by Crippen LogP contribution is -2.54. The molecule has 0 heterocycles. The summed E-state index contributed by atoms with van der Waals surface area (Å²) in [7, 11) is 0. The van der Waals surface area contributed by atoms with Crippen molar-refractivity contribution in [1.82, 2.24) is 10.6 Å². The Bertz CT molecular complexity index is 1150. The number of ether oxygens (including phenoxy) is 1. The van der Waals surface area contributed by atoms with Crippen LogP contribution in [0.4, 0.5) is 4.39 Å². The SMILES string of the molecule is CC(=O)N[C@H](Cc1cccc(F)c1)C(=O)N[C@H](Cc1ccc(OCc2ccccc2)cc1)C(N)=O. The highest BCUT2D eigenvalue weighted by molar-refractivity contribution is 5.91. The van der Waals surface area contributed by atoms with Gasteiger partial charge in [0.25, 0.3) is 0 Å². The van der Waals surface area contributed by atoms with Gasteiger partial charge < -0.3 is 21.1 Å². The van der Waals surface area contributed by atoms with E-state index in [4.69, 9.17) is 10.5 Å². The summed E-state index contributed by atoms with van der Waals surface area (Å²) in [5.74, 6) is -1.51. The third-order valence-electron chi connectivity index (χ3n) is 5.29. The number of hydrogen-bond acceptors (Lipinski definition) is 4. The minimum atomic E-state index is -0.998. The average Bonchev–Trinajstić information content (AvgIpc) is 2.83. The standard InChI is InChI=1S/C27H28FN3O4/c1-18(32)30-25(16-21-8-5-9-22(28)14-21)27(34)31-24(26(29)33)15-19-10-12-23(13-11-19)35-17-20-6-3-2-4-7-20/h2-14,24-25H,15-17H2,1H3,(H2,29,33)(H,30,32)(H,31,34)/t24-,25-/m1/s1. The van der Waals surface area contributed by atoms with Crippen molar-refractivity contribution in [2.45, 2.75) is 38.5 Å². The van der Waals surface area contributed by atoms with Gasteiger partial charge in [-0.05, 0) is 41.0 Å². The Kier molecular flexibility index (Phi) is 8.95. The van der Waals surface area contributed by atoms with Crippen LogP contribution in [-0.2, 0) is 33.8 Å². The smallest absolute Gasteiger partial charge is 0.243 e. The second kappa shape index (κ2) is 12.3. The lowest BCUT2D eigenvalue weighted by atomic mass is 10.0. The van der Waals surface area contributed by atoms with E-state index >= 15 is 0 Å². The van der Waals surface area contributed by atoms with Crippen LogP contribution in [0, 0.1) is 5.82 Å². The number of rotatable bonds is 11. The van der Waals surface area contributed by atoms with E-state index in [2.05, 4.69) is 10.6 Å². The Labute approximate surface area is 203 Å². The normalized spacial score (nSPS) is 12.3. The summed E-state index contributed by atoms with van der Waals surface area (Å²) < 4.78 is 19.3. The van der Waals surface area contributed by atoms with Crippen molar-refractivity contribution in [2.75, 3.05) is 0 Å². The summed E-state index contributed by atoms with van der Waals surface area (Å²) >= 11 is 0. The molecule has 7 nitrogen and oxygen atoms in total. The van der Waals surface area contributed by atoms with Crippen LogP contribution in [0.5, 0.6) is 5.75 Å². The molecule has 0 spiro atoms. The van der Waals surface area contributed by atoms with Crippen LogP contribution in [0.3, 0.4) is 0 Å². The van der Waals surface area contributed by atoms with Crippen molar-refractivity contribution in [1.29, 1.82) is 0 Å². The van der Waals surface area contributed by atoms with E-state index in [1.54, 1.807) is 30.3 Å². The predicted octanol–water partition coefficient (Wildman–Crippen LogP) is 2.66. The highest BCUT2D eigenvalue weighted by Crippen LogP contribution is 2.16. The monoisotopic (exact) mass is 477 g/mol. The molecule has 0 radical (unpaired) electrons. The van der Waals surface area contributed by atoms with Gasteiger partial charge in [0.15, 0.2) is 0 Å². The highest BCUT2D eigenvalue weighted by Gasteiger charge is 2.25. The van der Waals surface area contributed by atoms with Crippen LogP contribution in [0.25, 0.3) is 0 Å². The molecule has 8 heteroatoms. The summed E-state index contributed by atoms with van der Waals surface area (Å²) in [6.07, 6.45) is 0.217. The Hall–Kier alpha value is -4.20. The molecule has 35 heavy (non-hydrogen) atoms. The molecule has 3 aromatic carbocycles. The fourth-order valence-electron chi connectivity index (χ4n) is 3.55. The van der Waals surface area contributed by atoms with Gasteiger partial charge in [-0.15, -0.1) is 0 Å². The zero-order chi connectivity index (χ0) is 25.2. The lowest BCUT2D eigenvalue weighted by Gasteiger charge is -2.22. The fraction of sp³-hybridized carbons (Fsp3) is 0.222. The number of nitrogens with one attached hydrogen (secondary N) is 2. The maximum absolute atomic E-state index is 13.5. The van der Waals surface area contributed by atoms with Crippen LogP contribution in [0.15, 0.2) is 78.9 Å². The number of amides is 3. The van der Waals surface area contributed by atoms with Gasteiger partial charge in [-0.1, -0.05) is 54.6 Å². The van der Waals surface area contributed by atoms with Crippen LogP contribution < -0.4 is 21.1 Å². The third-order valence-corrected chi connectivity index (χ3v) is 5.29. The number of halogens is 1. The van der Waals surface area contributed by atoms with E-state index < -0.39 is 35.6 Å². The molecule has 0 aliphatic rings. The van der Waals surface area contributed by atoms with Crippen molar-refractivity contribution >= 4 is 17.7 Å². The zero-order valence-electron chi connectivity index (χ0n) is 19.4. The summed E-state index contributed by atoms with van der Waals surface area (Å²) in [4.78, 5) is 36.6. The van der Waals surface area contributed by atoms with Gasteiger partial charge in [0, 0.05) is 19.8 Å². The molecule has 0 saturated heterocycles. The first-order chi connectivity index (χ1) is 16.8. The van der Waals surface area contributed by atoms with Crippen LogP contribution >= 0.6 is 0 Å². The van der Waals surface area contributed by atoms with E-state index in [-0.39, 0.29) is 12.8 Å². The Morgan fingerprint density at radius 1 is 0.829 bits per heavy atom. The predicted molar refractivity (Wildman–Crippen MR) is 130 cm³/mol. The number of nitrogens with two attached hydrogens (primary N) is 1. The van der Waals surface area contributed by atoms with Gasteiger partial charge in [-0.2, -0.15) is 0 Å². The van der Waals surface area contributed by atoms with Crippen molar-refractivity contribution in [3.05, 3.63) is 101 Å². The second-order valence-corrected chi connectivity index (χ2v) is 8.17. The van der Waals surface area contributed by atoms with E-state index in [9.17, 15) is 18.8 Å².